The molecule has 35 heavy (non-hydrogen) atoms. The molecule has 0 saturated carbocycles. The fourth-order valence-corrected chi connectivity index (χ4v) is 3.70. The zero-order valence-corrected chi connectivity index (χ0v) is 20.9. The van der Waals surface area contributed by atoms with E-state index < -0.39 is 40.9 Å². The monoisotopic (exact) mass is 569 g/mol. The zero-order chi connectivity index (χ0) is 26.1. The summed E-state index contributed by atoms with van der Waals surface area (Å²) in [6, 6.07) is 6.24. The molecule has 0 aliphatic carbocycles. The molecule has 3 N–H and O–H groups in total. The summed E-state index contributed by atoms with van der Waals surface area (Å²) in [5.74, 6) is -7.52. The van der Waals surface area contributed by atoms with Crippen molar-refractivity contribution in [2.45, 2.75) is 32.8 Å². The molecule has 0 fully saturated rings. The third kappa shape index (κ3) is 5.49. The van der Waals surface area contributed by atoms with Crippen molar-refractivity contribution in [2.24, 2.45) is 5.73 Å². The normalized spacial score (nSPS) is 11.4. The largest absolute Gasteiger partial charge is 0.458 e. The standard InChI is InChI=1S/C22H19BrClF2N5O4/c1-10(2)35-21(34)22(25,26)12-7-11(3)17(13(8-12)18(27)32)29-20(33)15-9-16(23)30-31(15)19-14(24)5-4-6-28-19/h4-10H,1-3H3,(H2,27,32)(H,29,33). The molecule has 3 aromatic rings. The van der Waals surface area contributed by atoms with Crippen LogP contribution in [0.5, 0.6) is 0 Å². The molecule has 2 heterocycles. The number of nitrogens with two attached hydrogens (primary N) is 1. The lowest BCUT2D eigenvalue weighted by Gasteiger charge is -2.20. The highest BCUT2D eigenvalue weighted by Gasteiger charge is 2.44. The quantitative estimate of drug-likeness (QED) is 0.406. The highest BCUT2D eigenvalue weighted by atomic mass is 79.9. The average molecular weight is 571 g/mol. The number of nitrogens with one attached hydrogen (secondary N) is 1. The highest BCUT2D eigenvalue weighted by molar-refractivity contribution is 9.10. The third-order valence-electron chi connectivity index (χ3n) is 4.65. The van der Waals surface area contributed by atoms with Crippen LogP contribution in [0.1, 0.15) is 45.8 Å². The first kappa shape index (κ1) is 26.2. The van der Waals surface area contributed by atoms with Gasteiger partial charge in [-0.05, 0) is 66.5 Å². The number of ether oxygens (including phenoxy) is 1. The molecular formula is C22H19BrClF2N5O4. The number of hydrogen-bond donors (Lipinski definition) is 2. The van der Waals surface area contributed by atoms with Crippen molar-refractivity contribution in [3.8, 4) is 5.82 Å². The number of pyridine rings is 1. The summed E-state index contributed by atoms with van der Waals surface area (Å²) >= 11 is 9.36. The van der Waals surface area contributed by atoms with Crippen molar-refractivity contribution < 1.29 is 27.9 Å². The molecule has 2 aromatic heterocycles. The Morgan fingerprint density at radius 2 is 1.94 bits per heavy atom. The number of hydrogen-bond acceptors (Lipinski definition) is 6. The molecule has 3 rings (SSSR count). The van der Waals surface area contributed by atoms with Crippen molar-refractivity contribution in [2.75, 3.05) is 5.32 Å². The topological polar surface area (TPSA) is 129 Å². The number of alkyl halides is 2. The Bertz CT molecular complexity index is 1330. The Morgan fingerprint density at radius 1 is 1.26 bits per heavy atom. The Labute approximate surface area is 211 Å². The predicted molar refractivity (Wildman–Crippen MR) is 127 cm³/mol. The summed E-state index contributed by atoms with van der Waals surface area (Å²) in [6.07, 6.45) is 0.678. The van der Waals surface area contributed by atoms with Crippen LogP contribution >= 0.6 is 27.5 Å². The number of carbonyl (C=O) groups excluding carboxylic acids is 3. The molecule has 0 spiro atoms. The van der Waals surface area contributed by atoms with E-state index in [1.807, 2.05) is 0 Å². The molecule has 0 bridgehead atoms. The van der Waals surface area contributed by atoms with Gasteiger partial charge in [0, 0.05) is 17.8 Å². The number of primary amides is 1. The van der Waals surface area contributed by atoms with E-state index in [1.54, 1.807) is 12.1 Å². The molecule has 0 radical (unpaired) electrons. The lowest BCUT2D eigenvalue weighted by Crippen LogP contribution is -2.31. The summed E-state index contributed by atoms with van der Waals surface area (Å²) in [5.41, 5.74) is 4.10. The molecule has 0 aliphatic heterocycles. The minimum Gasteiger partial charge on any atom is -0.458 e. The van der Waals surface area contributed by atoms with Crippen molar-refractivity contribution in [1.29, 1.82) is 0 Å². The maximum absolute atomic E-state index is 14.7. The molecule has 13 heteroatoms. The van der Waals surface area contributed by atoms with Gasteiger partial charge in [0.1, 0.15) is 10.3 Å². The molecule has 1 aromatic carbocycles. The molecule has 0 atom stereocenters. The Hall–Kier alpha value is -3.38. The maximum atomic E-state index is 14.7. The van der Waals surface area contributed by atoms with Gasteiger partial charge in [-0.25, -0.2) is 14.5 Å². The van der Waals surface area contributed by atoms with Gasteiger partial charge in [-0.3, -0.25) is 9.59 Å². The SMILES string of the molecule is Cc1cc(C(F)(F)C(=O)OC(C)C)cc(C(N)=O)c1NC(=O)c1cc(Br)nn1-c1ncccc1Cl. The number of nitrogens with zero attached hydrogens (tertiary/aromatic N) is 3. The molecule has 2 amide bonds. The van der Waals surface area contributed by atoms with Gasteiger partial charge in [0.25, 0.3) is 11.8 Å². The fourth-order valence-electron chi connectivity index (χ4n) is 3.12. The molecule has 184 valence electrons. The molecule has 9 nitrogen and oxygen atoms in total. The van der Waals surface area contributed by atoms with Crippen molar-refractivity contribution >= 4 is 51.0 Å². The van der Waals surface area contributed by atoms with E-state index >= 15 is 0 Å². The van der Waals surface area contributed by atoms with Crippen molar-refractivity contribution in [1.82, 2.24) is 14.8 Å². The van der Waals surface area contributed by atoms with E-state index in [0.717, 1.165) is 12.1 Å². The van der Waals surface area contributed by atoms with Crippen LogP contribution in [0.15, 0.2) is 41.1 Å². The summed E-state index contributed by atoms with van der Waals surface area (Å²) in [6.45, 7) is 4.22. The Balaban J connectivity index is 2.03. The lowest BCUT2D eigenvalue weighted by molar-refractivity contribution is -0.177. The Morgan fingerprint density at radius 3 is 2.54 bits per heavy atom. The predicted octanol–water partition coefficient (Wildman–Crippen LogP) is 4.39. The number of halogens is 4. The number of anilines is 1. The highest BCUT2D eigenvalue weighted by Crippen LogP contribution is 2.35. The second kappa shape index (κ2) is 10.1. The number of amides is 2. The number of aromatic nitrogens is 3. The second-order valence-corrected chi connectivity index (χ2v) is 8.86. The number of carbonyl (C=O) groups is 3. The molecule has 0 saturated heterocycles. The van der Waals surface area contributed by atoms with Gasteiger partial charge in [-0.1, -0.05) is 11.6 Å². The molecule has 0 unspecified atom stereocenters. The first-order valence-electron chi connectivity index (χ1n) is 10.0. The third-order valence-corrected chi connectivity index (χ3v) is 5.34. The van der Waals surface area contributed by atoms with Crippen LogP contribution in [0.3, 0.4) is 0 Å². The van der Waals surface area contributed by atoms with E-state index in [9.17, 15) is 23.2 Å². The van der Waals surface area contributed by atoms with Gasteiger partial charge in [0.05, 0.1) is 22.4 Å². The van der Waals surface area contributed by atoms with Crippen LogP contribution in [0.25, 0.3) is 5.82 Å². The van der Waals surface area contributed by atoms with Gasteiger partial charge in [-0.15, -0.1) is 0 Å². The minimum atomic E-state index is -4.05. The summed E-state index contributed by atoms with van der Waals surface area (Å²) < 4.78 is 35.5. The van der Waals surface area contributed by atoms with Gasteiger partial charge in [-0.2, -0.15) is 13.9 Å². The summed E-state index contributed by atoms with van der Waals surface area (Å²) in [7, 11) is 0. The minimum absolute atomic E-state index is 0.0257. The van der Waals surface area contributed by atoms with Crippen LogP contribution in [0.4, 0.5) is 14.5 Å². The maximum Gasteiger partial charge on any atom is 0.382 e. The summed E-state index contributed by atoms with van der Waals surface area (Å²) in [4.78, 5) is 41.3. The van der Waals surface area contributed by atoms with E-state index in [0.29, 0.717) is 0 Å². The number of esters is 1. The van der Waals surface area contributed by atoms with Crippen molar-refractivity contribution in [3.05, 3.63) is 68.5 Å². The van der Waals surface area contributed by atoms with E-state index in [2.05, 4.69) is 36.1 Å². The number of benzene rings is 1. The van der Waals surface area contributed by atoms with Gasteiger partial charge < -0.3 is 15.8 Å². The Kier molecular flexibility index (Phi) is 7.56. The fraction of sp³-hybridized carbons (Fsp3) is 0.227. The van der Waals surface area contributed by atoms with E-state index in [4.69, 9.17) is 17.3 Å². The van der Waals surface area contributed by atoms with Crippen LogP contribution in [-0.2, 0) is 15.5 Å². The first-order valence-corrected chi connectivity index (χ1v) is 11.2. The zero-order valence-electron chi connectivity index (χ0n) is 18.6. The number of rotatable bonds is 7. The van der Waals surface area contributed by atoms with Crippen LogP contribution in [0, 0.1) is 6.92 Å². The number of aryl methyl sites for hydroxylation is 1. The first-order chi connectivity index (χ1) is 16.3. The summed E-state index contributed by atoms with van der Waals surface area (Å²) in [5, 5.41) is 6.88. The van der Waals surface area contributed by atoms with Gasteiger partial charge >= 0.3 is 11.9 Å². The van der Waals surface area contributed by atoms with Gasteiger partial charge in [0.15, 0.2) is 5.82 Å². The van der Waals surface area contributed by atoms with Gasteiger partial charge in [0.2, 0.25) is 0 Å². The van der Waals surface area contributed by atoms with Crippen molar-refractivity contribution in [3.63, 3.8) is 0 Å². The molecule has 0 aliphatic rings. The smallest absolute Gasteiger partial charge is 0.382 e. The second-order valence-electron chi connectivity index (χ2n) is 7.64. The van der Waals surface area contributed by atoms with Crippen LogP contribution < -0.4 is 11.1 Å². The lowest BCUT2D eigenvalue weighted by atomic mass is 9.98. The van der Waals surface area contributed by atoms with Crippen LogP contribution in [0.2, 0.25) is 5.02 Å². The van der Waals surface area contributed by atoms with Crippen LogP contribution in [-0.4, -0.2) is 38.7 Å². The average Bonchev–Trinajstić information content (AvgIpc) is 3.15. The van der Waals surface area contributed by atoms with E-state index in [1.165, 1.54) is 37.7 Å². The van der Waals surface area contributed by atoms with E-state index in [-0.39, 0.29) is 32.4 Å². The molecular weight excluding hydrogens is 552 g/mol.